The van der Waals surface area contributed by atoms with Gasteiger partial charge in [-0.2, -0.15) is 0 Å². The summed E-state index contributed by atoms with van der Waals surface area (Å²) in [6.45, 7) is 0. The van der Waals surface area contributed by atoms with Crippen molar-refractivity contribution in [1.82, 2.24) is 4.98 Å². The van der Waals surface area contributed by atoms with Crippen molar-refractivity contribution in [2.24, 2.45) is 0 Å². The van der Waals surface area contributed by atoms with E-state index in [1.165, 1.54) is 0 Å². The summed E-state index contributed by atoms with van der Waals surface area (Å²) in [5, 5.41) is 3.73. The largest absolute Gasteiger partial charge is 0.497 e. The third-order valence-electron chi connectivity index (χ3n) is 4.61. The fourth-order valence-electron chi connectivity index (χ4n) is 3.17. The molecule has 6 heteroatoms. The Morgan fingerprint density at radius 1 is 0.931 bits per heavy atom. The van der Waals surface area contributed by atoms with Crippen molar-refractivity contribution in [1.29, 1.82) is 0 Å². The Morgan fingerprint density at radius 2 is 1.83 bits per heavy atom. The molecule has 1 amide bonds. The maximum atomic E-state index is 12.6. The quantitative estimate of drug-likeness (QED) is 0.443. The lowest BCUT2D eigenvalue weighted by Crippen LogP contribution is -2.10. The molecule has 5 rings (SSSR count). The lowest BCUT2D eigenvalue weighted by Gasteiger charge is -2.02. The van der Waals surface area contributed by atoms with Gasteiger partial charge in [0.15, 0.2) is 11.3 Å². The molecular weight excluding hydrogens is 368 g/mol. The number of carbonyl (C=O) groups excluding carboxylic acids is 1. The Hall–Kier alpha value is -4.06. The minimum Gasteiger partial charge on any atom is -0.497 e. The van der Waals surface area contributed by atoms with E-state index in [1.54, 1.807) is 31.4 Å². The summed E-state index contributed by atoms with van der Waals surface area (Å²) >= 11 is 0. The van der Waals surface area contributed by atoms with E-state index >= 15 is 0 Å². The summed E-state index contributed by atoms with van der Waals surface area (Å²) < 4.78 is 16.7. The van der Waals surface area contributed by atoms with Crippen molar-refractivity contribution in [3.8, 4) is 17.2 Å². The second kappa shape index (κ2) is 6.83. The minimum atomic E-state index is -0.322. The van der Waals surface area contributed by atoms with Crippen LogP contribution in [-0.4, -0.2) is 18.0 Å². The van der Waals surface area contributed by atoms with Gasteiger partial charge in [0.05, 0.1) is 7.11 Å². The standard InChI is InChI=1S/C23H16N2O4/c1-27-17-7-4-6-15(11-17)23-25-18-13-16(9-10-20(18)29-23)24-22(26)21-12-14-5-2-3-8-19(14)28-21/h2-13H,1H3,(H,24,26). The second-order valence-electron chi connectivity index (χ2n) is 6.54. The van der Waals surface area contributed by atoms with E-state index in [-0.39, 0.29) is 11.7 Å². The van der Waals surface area contributed by atoms with Crippen LogP contribution < -0.4 is 10.1 Å². The van der Waals surface area contributed by atoms with Gasteiger partial charge in [0.25, 0.3) is 5.91 Å². The molecule has 5 aromatic rings. The molecule has 0 atom stereocenters. The Morgan fingerprint density at radius 3 is 2.69 bits per heavy atom. The summed E-state index contributed by atoms with van der Waals surface area (Å²) in [6, 6.07) is 22.0. The van der Waals surface area contributed by atoms with Gasteiger partial charge in [-0.25, -0.2) is 4.98 Å². The zero-order valence-electron chi connectivity index (χ0n) is 15.5. The molecule has 1 N–H and O–H groups in total. The normalized spacial score (nSPS) is 11.1. The van der Waals surface area contributed by atoms with Gasteiger partial charge in [-0.05, 0) is 48.5 Å². The van der Waals surface area contributed by atoms with Crippen molar-refractivity contribution in [3.05, 3.63) is 78.6 Å². The molecule has 0 radical (unpaired) electrons. The first-order chi connectivity index (χ1) is 14.2. The molecule has 6 nitrogen and oxygen atoms in total. The van der Waals surface area contributed by atoms with Crippen molar-refractivity contribution >= 4 is 33.7 Å². The number of methoxy groups -OCH3 is 1. The zero-order valence-corrected chi connectivity index (χ0v) is 15.5. The van der Waals surface area contributed by atoms with Gasteiger partial charge in [-0.3, -0.25) is 4.79 Å². The number of para-hydroxylation sites is 1. The predicted octanol–water partition coefficient (Wildman–Crippen LogP) is 5.50. The monoisotopic (exact) mass is 384 g/mol. The summed E-state index contributed by atoms with van der Waals surface area (Å²) in [5.74, 6) is 1.14. The second-order valence-corrected chi connectivity index (χ2v) is 6.54. The fraction of sp³-hybridized carbons (Fsp3) is 0.0435. The summed E-state index contributed by atoms with van der Waals surface area (Å²) in [4.78, 5) is 17.1. The van der Waals surface area contributed by atoms with Gasteiger partial charge in [0, 0.05) is 16.6 Å². The van der Waals surface area contributed by atoms with Gasteiger partial charge in [-0.15, -0.1) is 0 Å². The van der Waals surface area contributed by atoms with Crippen LogP contribution in [0.15, 0.2) is 81.6 Å². The lowest BCUT2D eigenvalue weighted by atomic mass is 10.2. The highest BCUT2D eigenvalue weighted by molar-refractivity contribution is 6.05. The number of benzene rings is 3. The molecule has 0 fully saturated rings. The molecule has 0 aliphatic rings. The third kappa shape index (κ3) is 3.21. The third-order valence-corrected chi connectivity index (χ3v) is 4.61. The number of hydrogen-bond donors (Lipinski definition) is 1. The van der Waals surface area contributed by atoms with Gasteiger partial charge in [0.2, 0.25) is 5.89 Å². The molecule has 0 unspecified atom stereocenters. The molecule has 3 aromatic carbocycles. The van der Waals surface area contributed by atoms with Crippen molar-refractivity contribution in [2.75, 3.05) is 12.4 Å². The van der Waals surface area contributed by atoms with Crippen LogP contribution in [0, 0.1) is 0 Å². The molecule has 0 bridgehead atoms. The van der Waals surface area contributed by atoms with Crippen molar-refractivity contribution < 1.29 is 18.4 Å². The van der Waals surface area contributed by atoms with Crippen LogP contribution in [0.1, 0.15) is 10.6 Å². The number of amides is 1. The van der Waals surface area contributed by atoms with Crippen LogP contribution in [0.5, 0.6) is 5.75 Å². The number of hydrogen-bond acceptors (Lipinski definition) is 5. The SMILES string of the molecule is COc1cccc(-c2nc3cc(NC(=O)c4cc5ccccc5o4)ccc3o2)c1. The van der Waals surface area contributed by atoms with Gasteiger partial charge in [-0.1, -0.05) is 24.3 Å². The summed E-state index contributed by atoms with van der Waals surface area (Å²) in [5.41, 5.74) is 3.36. The number of fused-ring (bicyclic) bond motifs is 2. The number of anilines is 1. The van der Waals surface area contributed by atoms with Gasteiger partial charge in [0.1, 0.15) is 16.8 Å². The van der Waals surface area contributed by atoms with Crippen LogP contribution in [0.25, 0.3) is 33.5 Å². The maximum Gasteiger partial charge on any atom is 0.291 e. The molecule has 2 heterocycles. The molecule has 29 heavy (non-hydrogen) atoms. The molecule has 0 saturated carbocycles. The molecule has 0 saturated heterocycles. The van der Waals surface area contributed by atoms with E-state index in [2.05, 4.69) is 10.3 Å². The molecule has 142 valence electrons. The zero-order chi connectivity index (χ0) is 19.8. The number of nitrogens with zero attached hydrogens (tertiary/aromatic N) is 1. The number of carbonyl (C=O) groups is 1. The predicted molar refractivity (Wildman–Crippen MR) is 110 cm³/mol. The number of rotatable bonds is 4. The van der Waals surface area contributed by atoms with Crippen molar-refractivity contribution in [2.45, 2.75) is 0 Å². The number of ether oxygens (including phenoxy) is 1. The highest BCUT2D eigenvalue weighted by Crippen LogP contribution is 2.28. The lowest BCUT2D eigenvalue weighted by molar-refractivity contribution is 0.0998. The van der Waals surface area contributed by atoms with Gasteiger partial charge < -0.3 is 18.9 Å². The average molecular weight is 384 g/mol. The first kappa shape index (κ1) is 17.1. The molecular formula is C23H16N2O4. The molecule has 0 spiro atoms. The van der Waals surface area contributed by atoms with Crippen molar-refractivity contribution in [3.63, 3.8) is 0 Å². The topological polar surface area (TPSA) is 77.5 Å². The van der Waals surface area contributed by atoms with E-state index in [0.29, 0.717) is 28.3 Å². The van der Waals surface area contributed by atoms with E-state index in [1.807, 2.05) is 48.5 Å². The summed E-state index contributed by atoms with van der Waals surface area (Å²) in [7, 11) is 1.61. The average Bonchev–Trinajstić information content (AvgIpc) is 3.37. The Kier molecular flexibility index (Phi) is 4.02. The molecule has 0 aliphatic carbocycles. The van der Waals surface area contributed by atoms with E-state index in [0.717, 1.165) is 16.7 Å². The van der Waals surface area contributed by atoms with Crippen LogP contribution in [0.2, 0.25) is 0 Å². The first-order valence-electron chi connectivity index (χ1n) is 9.04. The van der Waals surface area contributed by atoms with Crippen LogP contribution in [0.3, 0.4) is 0 Å². The van der Waals surface area contributed by atoms with E-state index < -0.39 is 0 Å². The minimum absolute atomic E-state index is 0.253. The number of furan rings is 1. The van der Waals surface area contributed by atoms with E-state index in [4.69, 9.17) is 13.6 Å². The molecule has 0 aliphatic heterocycles. The Balaban J connectivity index is 1.42. The highest BCUT2D eigenvalue weighted by Gasteiger charge is 2.14. The molecule has 2 aromatic heterocycles. The van der Waals surface area contributed by atoms with Crippen LogP contribution in [-0.2, 0) is 0 Å². The number of oxazole rings is 1. The first-order valence-corrected chi connectivity index (χ1v) is 9.04. The number of nitrogens with one attached hydrogen (secondary N) is 1. The number of aromatic nitrogens is 1. The fourth-order valence-corrected chi connectivity index (χ4v) is 3.17. The van der Waals surface area contributed by atoms with Gasteiger partial charge >= 0.3 is 0 Å². The maximum absolute atomic E-state index is 12.6. The van der Waals surface area contributed by atoms with Crippen LogP contribution in [0.4, 0.5) is 5.69 Å². The Bertz CT molecular complexity index is 1320. The van der Waals surface area contributed by atoms with Crippen LogP contribution >= 0.6 is 0 Å². The highest BCUT2D eigenvalue weighted by atomic mass is 16.5. The smallest absolute Gasteiger partial charge is 0.291 e. The van der Waals surface area contributed by atoms with E-state index in [9.17, 15) is 4.79 Å². The summed E-state index contributed by atoms with van der Waals surface area (Å²) in [6.07, 6.45) is 0. The Labute approximate surface area is 165 Å².